The van der Waals surface area contributed by atoms with Gasteiger partial charge < -0.3 is 11.1 Å². The Bertz CT molecular complexity index is 406. The van der Waals surface area contributed by atoms with Crippen LogP contribution in [0.1, 0.15) is 11.1 Å². The van der Waals surface area contributed by atoms with Gasteiger partial charge in [0.2, 0.25) is 5.96 Å². The van der Waals surface area contributed by atoms with Gasteiger partial charge in [0.05, 0.1) is 0 Å². The van der Waals surface area contributed by atoms with Crippen molar-refractivity contribution < 1.29 is 4.79 Å². The van der Waals surface area contributed by atoms with Crippen molar-refractivity contribution in [3.63, 3.8) is 0 Å². The highest BCUT2D eigenvalue weighted by Crippen LogP contribution is 2.18. The van der Waals surface area contributed by atoms with Crippen LogP contribution in [0.25, 0.3) is 0 Å². The zero-order valence-electron chi connectivity index (χ0n) is 9.66. The third-order valence-corrected chi connectivity index (χ3v) is 2.19. The number of hydrogen-bond donors (Lipinski definition) is 3. The monoisotopic (exact) mass is 220 g/mol. The number of carbonyl (C=O) groups excluding carboxylic acids is 1. The molecule has 86 valence electrons. The molecule has 0 fully saturated rings. The van der Waals surface area contributed by atoms with E-state index < -0.39 is 6.03 Å². The maximum Gasteiger partial charge on any atom is 0.318 e. The summed E-state index contributed by atoms with van der Waals surface area (Å²) in [7, 11) is 1.58. The zero-order chi connectivity index (χ0) is 12.1. The van der Waals surface area contributed by atoms with Gasteiger partial charge >= 0.3 is 6.03 Å². The number of amides is 2. The molecule has 4 N–H and O–H groups in total. The molecule has 0 aromatic heterocycles. The summed E-state index contributed by atoms with van der Waals surface area (Å²) in [5.74, 6) is 0.338. The number of aryl methyl sites for hydroxylation is 2. The summed E-state index contributed by atoms with van der Waals surface area (Å²) in [6, 6.07) is 5.29. The quantitative estimate of drug-likeness (QED) is 0.493. The van der Waals surface area contributed by atoms with Crippen LogP contribution in [0.3, 0.4) is 0 Å². The fourth-order valence-electron chi connectivity index (χ4n) is 1.39. The summed E-state index contributed by atoms with van der Waals surface area (Å²) in [4.78, 5) is 14.6. The lowest BCUT2D eigenvalue weighted by molar-refractivity contribution is 0.253. The number of guanidine groups is 1. The molecule has 2 amide bonds. The first-order chi connectivity index (χ1) is 7.54. The van der Waals surface area contributed by atoms with E-state index in [1.54, 1.807) is 7.05 Å². The summed E-state index contributed by atoms with van der Waals surface area (Å²) in [6.07, 6.45) is 0. The van der Waals surface area contributed by atoms with Crippen LogP contribution in [0, 0.1) is 13.8 Å². The molecular weight excluding hydrogens is 204 g/mol. The molecular formula is C11H16N4O. The molecule has 0 aliphatic heterocycles. The number of para-hydroxylation sites is 1. The summed E-state index contributed by atoms with van der Waals surface area (Å²) in [5.41, 5.74) is 8.11. The number of nitrogens with one attached hydrogen (secondary N) is 2. The van der Waals surface area contributed by atoms with Gasteiger partial charge in [-0.1, -0.05) is 18.2 Å². The molecule has 0 spiro atoms. The van der Waals surface area contributed by atoms with Gasteiger partial charge in [-0.15, -0.1) is 0 Å². The van der Waals surface area contributed by atoms with Crippen molar-refractivity contribution in [2.75, 3.05) is 12.4 Å². The lowest BCUT2D eigenvalue weighted by atomic mass is 10.1. The number of carbonyl (C=O) groups is 1. The Labute approximate surface area is 94.8 Å². The van der Waals surface area contributed by atoms with Gasteiger partial charge in [-0.3, -0.25) is 10.3 Å². The number of nitrogens with zero attached hydrogens (tertiary/aromatic N) is 1. The maximum atomic E-state index is 10.7. The first kappa shape index (κ1) is 12.0. The molecule has 0 unspecified atom stereocenters. The van der Waals surface area contributed by atoms with Gasteiger partial charge in [-0.05, 0) is 25.0 Å². The second-order valence-electron chi connectivity index (χ2n) is 3.45. The number of hydrogen-bond acceptors (Lipinski definition) is 2. The lowest BCUT2D eigenvalue weighted by Crippen LogP contribution is -2.39. The van der Waals surface area contributed by atoms with Crippen LogP contribution in [0.5, 0.6) is 0 Å². The summed E-state index contributed by atoms with van der Waals surface area (Å²) in [6.45, 7) is 3.96. The fraction of sp³-hybridized carbons (Fsp3) is 0.273. The largest absolute Gasteiger partial charge is 0.351 e. The molecule has 0 heterocycles. The standard InChI is InChI=1S/C11H16N4O/c1-7-5-4-6-8(2)9(7)14-11(13-3)15-10(12)16/h4-6H,1-3H3,(H4,12,13,14,15,16). The van der Waals surface area contributed by atoms with Gasteiger partial charge in [0.25, 0.3) is 0 Å². The Balaban J connectivity index is 2.91. The van der Waals surface area contributed by atoms with Crippen molar-refractivity contribution >= 4 is 17.7 Å². The number of rotatable bonds is 1. The second kappa shape index (κ2) is 5.16. The first-order valence-corrected chi connectivity index (χ1v) is 4.91. The molecule has 16 heavy (non-hydrogen) atoms. The second-order valence-corrected chi connectivity index (χ2v) is 3.45. The smallest absolute Gasteiger partial charge is 0.318 e. The van der Waals surface area contributed by atoms with Gasteiger partial charge in [-0.25, -0.2) is 4.79 Å². The normalized spacial score (nSPS) is 11.1. The minimum atomic E-state index is -0.640. The topological polar surface area (TPSA) is 79.5 Å². The predicted octanol–water partition coefficient (Wildman–Crippen LogP) is 1.37. The van der Waals surface area contributed by atoms with E-state index in [9.17, 15) is 4.79 Å². The van der Waals surface area contributed by atoms with E-state index in [2.05, 4.69) is 15.6 Å². The SMILES string of the molecule is C/N=C(\NC(N)=O)Nc1c(C)cccc1C. The Kier molecular flexibility index (Phi) is 3.88. The summed E-state index contributed by atoms with van der Waals surface area (Å²) in [5, 5.41) is 5.44. The van der Waals surface area contributed by atoms with Crippen molar-refractivity contribution in [2.45, 2.75) is 13.8 Å². The van der Waals surface area contributed by atoms with Gasteiger partial charge in [0.15, 0.2) is 0 Å². The van der Waals surface area contributed by atoms with Crippen LogP contribution in [-0.2, 0) is 0 Å². The highest BCUT2D eigenvalue weighted by atomic mass is 16.2. The highest BCUT2D eigenvalue weighted by Gasteiger charge is 2.06. The Morgan fingerprint density at radius 1 is 1.31 bits per heavy atom. The minimum absolute atomic E-state index is 0.338. The molecule has 0 saturated heterocycles. The molecule has 0 atom stereocenters. The molecule has 1 rings (SSSR count). The molecule has 0 saturated carbocycles. The van der Waals surface area contributed by atoms with Crippen LogP contribution < -0.4 is 16.4 Å². The van der Waals surface area contributed by atoms with Crippen LogP contribution in [0.2, 0.25) is 0 Å². The minimum Gasteiger partial charge on any atom is -0.351 e. The van der Waals surface area contributed by atoms with Crippen molar-refractivity contribution in [2.24, 2.45) is 10.7 Å². The fourth-order valence-corrected chi connectivity index (χ4v) is 1.39. The van der Waals surface area contributed by atoms with Crippen molar-refractivity contribution in [1.29, 1.82) is 0 Å². The molecule has 0 aliphatic rings. The maximum absolute atomic E-state index is 10.7. The Morgan fingerprint density at radius 2 is 1.88 bits per heavy atom. The van der Waals surface area contributed by atoms with E-state index in [-0.39, 0.29) is 0 Å². The Morgan fingerprint density at radius 3 is 2.31 bits per heavy atom. The van der Waals surface area contributed by atoms with Crippen LogP contribution >= 0.6 is 0 Å². The number of benzene rings is 1. The first-order valence-electron chi connectivity index (χ1n) is 4.91. The molecule has 0 radical (unpaired) electrons. The van der Waals surface area contributed by atoms with Crippen LogP contribution in [0.15, 0.2) is 23.2 Å². The van der Waals surface area contributed by atoms with E-state index in [0.717, 1.165) is 16.8 Å². The number of nitrogens with two attached hydrogens (primary N) is 1. The number of urea groups is 1. The summed E-state index contributed by atoms with van der Waals surface area (Å²) < 4.78 is 0. The third-order valence-electron chi connectivity index (χ3n) is 2.19. The van der Waals surface area contributed by atoms with E-state index in [1.165, 1.54) is 0 Å². The number of anilines is 1. The van der Waals surface area contributed by atoms with Crippen molar-refractivity contribution in [3.8, 4) is 0 Å². The van der Waals surface area contributed by atoms with Gasteiger partial charge in [0.1, 0.15) is 0 Å². The van der Waals surface area contributed by atoms with Gasteiger partial charge in [0, 0.05) is 12.7 Å². The number of aliphatic imine (C=N–C) groups is 1. The Hall–Kier alpha value is -2.04. The van der Waals surface area contributed by atoms with Crippen LogP contribution in [0.4, 0.5) is 10.5 Å². The molecule has 0 aliphatic carbocycles. The third kappa shape index (κ3) is 2.98. The van der Waals surface area contributed by atoms with E-state index in [4.69, 9.17) is 5.73 Å². The van der Waals surface area contributed by atoms with Crippen molar-refractivity contribution in [1.82, 2.24) is 5.32 Å². The molecule has 5 nitrogen and oxygen atoms in total. The average Bonchev–Trinajstić information content (AvgIpc) is 2.21. The van der Waals surface area contributed by atoms with E-state index in [1.807, 2.05) is 32.0 Å². The van der Waals surface area contributed by atoms with Crippen LogP contribution in [-0.4, -0.2) is 19.0 Å². The molecule has 1 aromatic rings. The average molecular weight is 220 g/mol. The zero-order valence-corrected chi connectivity index (χ0v) is 9.66. The molecule has 0 bridgehead atoms. The van der Waals surface area contributed by atoms with E-state index in [0.29, 0.717) is 5.96 Å². The predicted molar refractivity (Wildman–Crippen MR) is 65.6 cm³/mol. The highest BCUT2D eigenvalue weighted by molar-refractivity contribution is 6.03. The van der Waals surface area contributed by atoms with Crippen molar-refractivity contribution in [3.05, 3.63) is 29.3 Å². The van der Waals surface area contributed by atoms with E-state index >= 15 is 0 Å². The van der Waals surface area contributed by atoms with Gasteiger partial charge in [-0.2, -0.15) is 0 Å². The molecule has 1 aromatic carbocycles. The number of primary amides is 1. The summed E-state index contributed by atoms with van der Waals surface area (Å²) >= 11 is 0. The lowest BCUT2D eigenvalue weighted by Gasteiger charge is -2.13. The molecule has 5 heteroatoms.